The van der Waals surface area contributed by atoms with Crippen LogP contribution in [0.4, 0.5) is 10.7 Å². The average Bonchev–Trinajstić information content (AvgIpc) is 3.06. The summed E-state index contributed by atoms with van der Waals surface area (Å²) in [5.41, 5.74) is 6.93. The number of anilines is 2. The van der Waals surface area contributed by atoms with Gasteiger partial charge in [0.2, 0.25) is 0 Å². The summed E-state index contributed by atoms with van der Waals surface area (Å²) >= 11 is 1.37. The van der Waals surface area contributed by atoms with Crippen LogP contribution in [0.1, 0.15) is 50.2 Å². The van der Waals surface area contributed by atoms with Crippen LogP contribution in [0.2, 0.25) is 0 Å². The van der Waals surface area contributed by atoms with Crippen LogP contribution in [0.3, 0.4) is 0 Å². The smallest absolute Gasteiger partial charge is 0.263 e. The highest BCUT2D eigenvalue weighted by atomic mass is 32.1. The first-order valence-electron chi connectivity index (χ1n) is 7.47. The second-order valence-electron chi connectivity index (χ2n) is 6.19. The van der Waals surface area contributed by atoms with Gasteiger partial charge in [-0.1, -0.05) is 6.92 Å². The van der Waals surface area contributed by atoms with Crippen LogP contribution in [0.5, 0.6) is 5.75 Å². The van der Waals surface area contributed by atoms with Crippen molar-refractivity contribution in [1.29, 1.82) is 0 Å². The lowest BCUT2D eigenvalue weighted by Gasteiger charge is -2.14. The summed E-state index contributed by atoms with van der Waals surface area (Å²) in [6.07, 6.45) is 2.50. The summed E-state index contributed by atoms with van der Waals surface area (Å²) < 4.78 is 5.81. The fourth-order valence-electron chi connectivity index (χ4n) is 1.99. The monoisotopic (exact) mass is 311 g/mol. The maximum absolute atomic E-state index is 12.1. The van der Waals surface area contributed by atoms with Crippen molar-refractivity contribution in [3.8, 4) is 5.75 Å². The molecule has 4 N–H and O–H groups in total. The van der Waals surface area contributed by atoms with Gasteiger partial charge >= 0.3 is 0 Å². The van der Waals surface area contributed by atoms with Gasteiger partial charge in [0, 0.05) is 13.1 Å². The lowest BCUT2D eigenvalue weighted by atomic mass is 10.1. The van der Waals surface area contributed by atoms with Crippen LogP contribution >= 0.6 is 11.3 Å². The van der Waals surface area contributed by atoms with E-state index in [0.717, 1.165) is 11.5 Å². The molecule has 1 saturated carbocycles. The van der Waals surface area contributed by atoms with E-state index in [2.05, 4.69) is 17.6 Å². The van der Waals surface area contributed by atoms with E-state index in [4.69, 9.17) is 10.5 Å². The molecule has 0 spiro atoms. The van der Waals surface area contributed by atoms with E-state index >= 15 is 0 Å². The van der Waals surface area contributed by atoms with E-state index in [9.17, 15) is 4.79 Å². The van der Waals surface area contributed by atoms with Crippen LogP contribution in [0.15, 0.2) is 0 Å². The van der Waals surface area contributed by atoms with Crippen LogP contribution < -0.4 is 21.1 Å². The van der Waals surface area contributed by atoms with Gasteiger partial charge in [0.1, 0.15) is 15.6 Å². The largest absolute Gasteiger partial charge is 0.486 e. The molecule has 21 heavy (non-hydrogen) atoms. The fraction of sp³-hybridized carbons (Fsp3) is 0.667. The van der Waals surface area contributed by atoms with Gasteiger partial charge in [-0.05, 0) is 39.0 Å². The minimum atomic E-state index is -0.140. The zero-order valence-corrected chi connectivity index (χ0v) is 14.0. The quantitative estimate of drug-likeness (QED) is 0.723. The topological polar surface area (TPSA) is 76.4 Å². The van der Waals surface area contributed by atoms with Gasteiger partial charge in [-0.3, -0.25) is 4.79 Å². The molecule has 0 radical (unpaired) electrons. The lowest BCUT2D eigenvalue weighted by molar-refractivity contribution is 0.0960. The SMILES string of the molecule is CCNC(=O)c1sc(NCC2(C)CC2)c(OC(C)C)c1N. The molecule has 1 fully saturated rings. The zero-order chi connectivity index (χ0) is 15.6. The molecule has 2 rings (SSSR count). The van der Waals surface area contributed by atoms with Crippen LogP contribution in [-0.2, 0) is 0 Å². The van der Waals surface area contributed by atoms with Crippen molar-refractivity contribution >= 4 is 27.9 Å². The zero-order valence-electron chi connectivity index (χ0n) is 13.2. The van der Waals surface area contributed by atoms with Crippen molar-refractivity contribution in [3.63, 3.8) is 0 Å². The molecule has 0 aliphatic heterocycles. The van der Waals surface area contributed by atoms with Crippen molar-refractivity contribution in [3.05, 3.63) is 4.88 Å². The summed E-state index contributed by atoms with van der Waals surface area (Å²) in [6, 6.07) is 0. The molecule has 1 aliphatic carbocycles. The average molecular weight is 311 g/mol. The van der Waals surface area contributed by atoms with Crippen LogP contribution in [0, 0.1) is 5.41 Å². The predicted molar refractivity (Wildman–Crippen MR) is 88.3 cm³/mol. The Hall–Kier alpha value is -1.43. The van der Waals surface area contributed by atoms with E-state index < -0.39 is 0 Å². The second kappa shape index (κ2) is 6.13. The molecule has 0 saturated heterocycles. The number of hydrogen-bond donors (Lipinski definition) is 3. The van der Waals surface area contributed by atoms with Crippen molar-refractivity contribution < 1.29 is 9.53 Å². The van der Waals surface area contributed by atoms with Gasteiger partial charge in [-0.15, -0.1) is 11.3 Å². The third kappa shape index (κ3) is 3.81. The van der Waals surface area contributed by atoms with Crippen LogP contribution in [-0.4, -0.2) is 25.1 Å². The molecule has 0 aromatic carbocycles. The maximum atomic E-state index is 12.1. The lowest BCUT2D eigenvalue weighted by Crippen LogP contribution is -2.22. The number of carbonyl (C=O) groups excluding carboxylic acids is 1. The highest BCUT2D eigenvalue weighted by Gasteiger charge is 2.37. The number of amides is 1. The maximum Gasteiger partial charge on any atom is 0.263 e. The van der Waals surface area contributed by atoms with Gasteiger partial charge in [0.15, 0.2) is 5.75 Å². The number of rotatable bonds is 7. The van der Waals surface area contributed by atoms with E-state index in [1.54, 1.807) is 0 Å². The molecule has 1 aromatic rings. The molecular formula is C15H25N3O2S. The summed E-state index contributed by atoms with van der Waals surface area (Å²) in [5, 5.41) is 7.06. The Morgan fingerprint density at radius 2 is 2.14 bits per heavy atom. The second-order valence-corrected chi connectivity index (χ2v) is 7.21. The Labute approximate surface area is 130 Å². The highest BCUT2D eigenvalue weighted by molar-refractivity contribution is 7.19. The standard InChI is InChI=1S/C15H25N3O2S/c1-5-17-13(19)12-10(16)11(20-9(2)3)14(21-12)18-8-15(4)6-7-15/h9,18H,5-8,16H2,1-4H3,(H,17,19). The molecule has 1 aromatic heterocycles. The Bertz CT molecular complexity index is 521. The number of nitrogens with one attached hydrogen (secondary N) is 2. The summed E-state index contributed by atoms with van der Waals surface area (Å²) in [6.45, 7) is 9.52. The normalized spacial score (nSPS) is 15.9. The molecule has 0 bridgehead atoms. The van der Waals surface area contributed by atoms with E-state index in [1.165, 1.54) is 24.2 Å². The Morgan fingerprint density at radius 3 is 2.67 bits per heavy atom. The summed E-state index contributed by atoms with van der Waals surface area (Å²) in [4.78, 5) is 12.6. The van der Waals surface area contributed by atoms with Crippen LogP contribution in [0.25, 0.3) is 0 Å². The Morgan fingerprint density at radius 1 is 1.48 bits per heavy atom. The number of nitrogens with two attached hydrogens (primary N) is 1. The number of nitrogen functional groups attached to an aromatic ring is 1. The fourth-order valence-corrected chi connectivity index (χ4v) is 2.96. The van der Waals surface area contributed by atoms with Crippen molar-refractivity contribution in [2.75, 3.05) is 24.1 Å². The Kier molecular flexibility index (Phi) is 4.66. The van der Waals surface area contributed by atoms with E-state index in [1.807, 2.05) is 20.8 Å². The first-order chi connectivity index (χ1) is 9.86. The van der Waals surface area contributed by atoms with Crippen molar-refractivity contribution in [1.82, 2.24) is 5.32 Å². The van der Waals surface area contributed by atoms with Gasteiger partial charge in [0.05, 0.1) is 6.10 Å². The molecule has 1 heterocycles. The molecule has 6 heteroatoms. The number of carbonyl (C=O) groups is 1. The molecular weight excluding hydrogens is 286 g/mol. The number of thiophene rings is 1. The predicted octanol–water partition coefficient (Wildman–Crippen LogP) is 3.08. The highest BCUT2D eigenvalue weighted by Crippen LogP contribution is 2.48. The molecule has 0 atom stereocenters. The Balaban J connectivity index is 2.22. The third-order valence-corrected chi connectivity index (χ3v) is 4.72. The third-order valence-electron chi connectivity index (χ3n) is 3.58. The minimum absolute atomic E-state index is 0.0149. The first-order valence-corrected chi connectivity index (χ1v) is 8.29. The van der Waals surface area contributed by atoms with Gasteiger partial charge in [0.25, 0.3) is 5.91 Å². The van der Waals surface area contributed by atoms with E-state index in [-0.39, 0.29) is 12.0 Å². The molecule has 0 unspecified atom stereocenters. The van der Waals surface area contributed by atoms with Gasteiger partial charge < -0.3 is 21.1 Å². The van der Waals surface area contributed by atoms with Crippen molar-refractivity contribution in [2.24, 2.45) is 5.41 Å². The summed E-state index contributed by atoms with van der Waals surface area (Å²) in [5.74, 6) is 0.472. The molecule has 1 amide bonds. The van der Waals surface area contributed by atoms with E-state index in [0.29, 0.717) is 28.3 Å². The van der Waals surface area contributed by atoms with Crippen molar-refractivity contribution in [2.45, 2.75) is 46.6 Å². The number of hydrogen-bond acceptors (Lipinski definition) is 5. The molecule has 5 nitrogen and oxygen atoms in total. The van der Waals surface area contributed by atoms with Gasteiger partial charge in [-0.25, -0.2) is 0 Å². The first kappa shape index (κ1) is 15.9. The minimum Gasteiger partial charge on any atom is -0.486 e. The molecule has 1 aliphatic rings. The molecule has 118 valence electrons. The summed E-state index contributed by atoms with van der Waals surface area (Å²) in [7, 11) is 0. The van der Waals surface area contributed by atoms with Gasteiger partial charge in [-0.2, -0.15) is 0 Å². The number of ether oxygens (including phenoxy) is 1.